The summed E-state index contributed by atoms with van der Waals surface area (Å²) in [5.74, 6) is -0.747. The second kappa shape index (κ2) is 8.75. The number of nitro benzene ring substituents is 1. The van der Waals surface area contributed by atoms with Crippen LogP contribution in [-0.4, -0.2) is 35.2 Å². The Labute approximate surface area is 157 Å². The molecule has 2 amide bonds. The van der Waals surface area contributed by atoms with Gasteiger partial charge in [0.05, 0.1) is 17.0 Å². The second-order valence-corrected chi connectivity index (χ2v) is 6.21. The van der Waals surface area contributed by atoms with Crippen LogP contribution in [0.4, 0.5) is 11.4 Å². The normalized spacial score (nSPS) is 10.6. The Kier molecular flexibility index (Phi) is 6.43. The van der Waals surface area contributed by atoms with Crippen molar-refractivity contribution in [3.05, 3.63) is 75.3 Å². The molecule has 0 fully saturated rings. The van der Waals surface area contributed by atoms with Crippen LogP contribution in [0.25, 0.3) is 6.08 Å². The third-order valence-electron chi connectivity index (χ3n) is 3.96. The number of hydrogen-bond acceptors (Lipinski definition) is 4. The minimum atomic E-state index is -0.508. The molecule has 0 aromatic heterocycles. The molecule has 7 heteroatoms. The van der Waals surface area contributed by atoms with E-state index in [0.717, 1.165) is 11.1 Å². The van der Waals surface area contributed by atoms with E-state index in [2.05, 4.69) is 5.32 Å². The first kappa shape index (κ1) is 19.8. The van der Waals surface area contributed by atoms with Gasteiger partial charge >= 0.3 is 0 Å². The molecule has 2 aromatic carbocycles. The summed E-state index contributed by atoms with van der Waals surface area (Å²) in [6.07, 6.45) is 2.59. The SMILES string of the molecule is Cc1ccc(C)c(NC(=O)CN(C)C(=O)/C=C/c2ccccc2[N+](=O)[O-])c1. The summed E-state index contributed by atoms with van der Waals surface area (Å²) in [5.41, 5.74) is 2.89. The van der Waals surface area contributed by atoms with Crippen LogP contribution in [-0.2, 0) is 9.59 Å². The van der Waals surface area contributed by atoms with Gasteiger partial charge < -0.3 is 10.2 Å². The lowest BCUT2D eigenvalue weighted by atomic mass is 10.1. The molecule has 0 bridgehead atoms. The maximum Gasteiger partial charge on any atom is 0.276 e. The van der Waals surface area contributed by atoms with E-state index in [1.807, 2.05) is 32.0 Å². The number of nitro groups is 1. The summed E-state index contributed by atoms with van der Waals surface area (Å²) in [4.78, 5) is 36.1. The zero-order valence-corrected chi connectivity index (χ0v) is 15.4. The molecule has 0 aliphatic carbocycles. The van der Waals surface area contributed by atoms with Gasteiger partial charge in [0, 0.05) is 24.9 Å². The van der Waals surface area contributed by atoms with Crippen LogP contribution in [0.1, 0.15) is 16.7 Å². The maximum absolute atomic E-state index is 12.2. The molecule has 0 radical (unpaired) electrons. The lowest BCUT2D eigenvalue weighted by Gasteiger charge is -2.16. The number of para-hydroxylation sites is 1. The molecule has 140 valence electrons. The Morgan fingerprint density at radius 1 is 1.19 bits per heavy atom. The van der Waals surface area contributed by atoms with E-state index in [9.17, 15) is 19.7 Å². The number of rotatable bonds is 6. The average Bonchev–Trinajstić information content (AvgIpc) is 2.62. The minimum Gasteiger partial charge on any atom is -0.333 e. The van der Waals surface area contributed by atoms with E-state index in [0.29, 0.717) is 11.3 Å². The zero-order chi connectivity index (χ0) is 20.0. The number of hydrogen-bond donors (Lipinski definition) is 1. The van der Waals surface area contributed by atoms with Gasteiger partial charge in [-0.25, -0.2) is 0 Å². The van der Waals surface area contributed by atoms with Gasteiger partial charge in [0.1, 0.15) is 0 Å². The highest BCUT2D eigenvalue weighted by molar-refractivity contribution is 5.98. The van der Waals surface area contributed by atoms with Crippen molar-refractivity contribution in [2.24, 2.45) is 0 Å². The molecule has 0 aliphatic heterocycles. The number of likely N-dealkylation sites (N-methyl/N-ethyl adjacent to an activating group) is 1. The molecule has 0 aliphatic rings. The Bertz CT molecular complexity index is 906. The Morgan fingerprint density at radius 2 is 1.89 bits per heavy atom. The van der Waals surface area contributed by atoms with Gasteiger partial charge in [-0.2, -0.15) is 0 Å². The van der Waals surface area contributed by atoms with Crippen LogP contribution >= 0.6 is 0 Å². The number of nitrogens with zero attached hydrogens (tertiary/aromatic N) is 2. The number of aryl methyl sites for hydroxylation is 2. The summed E-state index contributed by atoms with van der Waals surface area (Å²) in [6.45, 7) is 3.69. The Balaban J connectivity index is 2.00. The molecule has 0 atom stereocenters. The first-order valence-electron chi connectivity index (χ1n) is 8.31. The maximum atomic E-state index is 12.2. The molecule has 0 spiro atoms. The minimum absolute atomic E-state index is 0.0862. The lowest BCUT2D eigenvalue weighted by Crippen LogP contribution is -2.34. The standard InChI is InChI=1S/C20H21N3O4/c1-14-8-9-15(2)17(12-14)21-19(24)13-22(3)20(25)11-10-16-6-4-5-7-18(16)23(26)27/h4-12H,13H2,1-3H3,(H,21,24)/b11-10+. The Hall–Kier alpha value is -3.48. The molecular formula is C20H21N3O4. The van der Waals surface area contributed by atoms with Gasteiger partial charge in [0.25, 0.3) is 5.69 Å². The van der Waals surface area contributed by atoms with Crippen molar-refractivity contribution < 1.29 is 14.5 Å². The molecular weight excluding hydrogens is 346 g/mol. The number of amides is 2. The van der Waals surface area contributed by atoms with Crippen LogP contribution in [0.5, 0.6) is 0 Å². The van der Waals surface area contributed by atoms with E-state index in [-0.39, 0.29) is 18.1 Å². The summed E-state index contributed by atoms with van der Waals surface area (Å²) < 4.78 is 0. The largest absolute Gasteiger partial charge is 0.333 e. The van der Waals surface area contributed by atoms with Crippen LogP contribution < -0.4 is 5.32 Å². The predicted molar refractivity (Wildman–Crippen MR) is 104 cm³/mol. The lowest BCUT2D eigenvalue weighted by molar-refractivity contribution is -0.385. The molecule has 0 saturated carbocycles. The number of nitrogens with one attached hydrogen (secondary N) is 1. The van der Waals surface area contributed by atoms with E-state index < -0.39 is 10.8 Å². The summed E-state index contributed by atoms with van der Waals surface area (Å²) >= 11 is 0. The van der Waals surface area contributed by atoms with E-state index in [1.54, 1.807) is 18.2 Å². The zero-order valence-electron chi connectivity index (χ0n) is 15.4. The highest BCUT2D eigenvalue weighted by Gasteiger charge is 2.13. The molecule has 0 heterocycles. The van der Waals surface area contributed by atoms with Crippen molar-refractivity contribution in [3.63, 3.8) is 0 Å². The number of benzene rings is 2. The molecule has 7 nitrogen and oxygen atoms in total. The fourth-order valence-electron chi connectivity index (χ4n) is 2.44. The van der Waals surface area contributed by atoms with Gasteiger partial charge in [-0.1, -0.05) is 24.3 Å². The molecule has 27 heavy (non-hydrogen) atoms. The van der Waals surface area contributed by atoms with Crippen molar-refractivity contribution in [1.82, 2.24) is 4.90 Å². The number of carbonyl (C=O) groups excluding carboxylic acids is 2. The Morgan fingerprint density at radius 3 is 2.59 bits per heavy atom. The van der Waals surface area contributed by atoms with Crippen LogP contribution in [0.2, 0.25) is 0 Å². The molecule has 2 aromatic rings. The quantitative estimate of drug-likeness (QED) is 0.481. The number of anilines is 1. The smallest absolute Gasteiger partial charge is 0.276 e. The van der Waals surface area contributed by atoms with Crippen molar-refractivity contribution in [3.8, 4) is 0 Å². The first-order valence-corrected chi connectivity index (χ1v) is 8.31. The summed E-state index contributed by atoms with van der Waals surface area (Å²) in [5, 5.41) is 13.8. The monoisotopic (exact) mass is 367 g/mol. The number of carbonyl (C=O) groups is 2. The van der Waals surface area contributed by atoms with Crippen molar-refractivity contribution in [2.75, 3.05) is 18.9 Å². The topological polar surface area (TPSA) is 92.6 Å². The van der Waals surface area contributed by atoms with E-state index in [4.69, 9.17) is 0 Å². The van der Waals surface area contributed by atoms with Gasteiger partial charge in [0.15, 0.2) is 0 Å². The third-order valence-corrected chi connectivity index (χ3v) is 3.96. The fraction of sp³-hybridized carbons (Fsp3) is 0.200. The summed E-state index contributed by atoms with van der Waals surface area (Å²) in [6, 6.07) is 11.9. The predicted octanol–water partition coefficient (Wildman–Crippen LogP) is 3.32. The van der Waals surface area contributed by atoms with Crippen LogP contribution in [0.3, 0.4) is 0 Å². The van der Waals surface area contributed by atoms with E-state index in [1.165, 1.54) is 30.2 Å². The van der Waals surface area contributed by atoms with Crippen molar-refractivity contribution >= 4 is 29.3 Å². The van der Waals surface area contributed by atoms with Crippen LogP contribution in [0.15, 0.2) is 48.5 Å². The molecule has 0 unspecified atom stereocenters. The third kappa shape index (κ3) is 5.50. The van der Waals surface area contributed by atoms with E-state index >= 15 is 0 Å². The van der Waals surface area contributed by atoms with Crippen molar-refractivity contribution in [2.45, 2.75) is 13.8 Å². The van der Waals surface area contributed by atoms with Crippen LogP contribution in [0, 0.1) is 24.0 Å². The average molecular weight is 367 g/mol. The molecule has 1 N–H and O–H groups in total. The second-order valence-electron chi connectivity index (χ2n) is 6.21. The molecule has 0 saturated heterocycles. The van der Waals surface area contributed by atoms with Gasteiger partial charge in [-0.15, -0.1) is 0 Å². The van der Waals surface area contributed by atoms with Gasteiger partial charge in [-0.05, 0) is 43.2 Å². The highest BCUT2D eigenvalue weighted by atomic mass is 16.6. The van der Waals surface area contributed by atoms with Gasteiger partial charge in [-0.3, -0.25) is 19.7 Å². The van der Waals surface area contributed by atoms with Gasteiger partial charge in [0.2, 0.25) is 11.8 Å². The highest BCUT2D eigenvalue weighted by Crippen LogP contribution is 2.19. The first-order chi connectivity index (χ1) is 12.8. The fourth-order valence-corrected chi connectivity index (χ4v) is 2.44. The summed E-state index contributed by atoms with van der Waals surface area (Å²) in [7, 11) is 1.49. The molecule has 2 rings (SSSR count). The van der Waals surface area contributed by atoms with Crippen molar-refractivity contribution in [1.29, 1.82) is 0 Å².